The van der Waals surface area contributed by atoms with Crippen LogP contribution in [-0.2, 0) is 0 Å². The Morgan fingerprint density at radius 1 is 1.33 bits per heavy atom. The van der Waals surface area contributed by atoms with Gasteiger partial charge < -0.3 is 4.74 Å². The van der Waals surface area contributed by atoms with E-state index in [9.17, 15) is 4.39 Å². The number of fused-ring (bicyclic) bond motifs is 1. The Bertz CT molecular complexity index is 533. The Labute approximate surface area is 94.8 Å². The molecule has 15 heavy (non-hydrogen) atoms. The molecule has 0 aliphatic rings. The molecular formula is C9H5Cl2FN2O. The van der Waals surface area contributed by atoms with Gasteiger partial charge in [0.25, 0.3) is 0 Å². The third-order valence-corrected chi connectivity index (χ3v) is 2.51. The van der Waals surface area contributed by atoms with Crippen LogP contribution in [0.15, 0.2) is 12.4 Å². The highest BCUT2D eigenvalue weighted by Crippen LogP contribution is 2.34. The van der Waals surface area contributed by atoms with Gasteiger partial charge in [0.1, 0.15) is 17.0 Å². The van der Waals surface area contributed by atoms with E-state index in [1.54, 1.807) is 0 Å². The van der Waals surface area contributed by atoms with Crippen LogP contribution in [0.1, 0.15) is 0 Å². The Morgan fingerprint density at radius 3 is 2.73 bits per heavy atom. The normalized spacial score (nSPS) is 10.7. The molecule has 0 atom stereocenters. The van der Waals surface area contributed by atoms with Crippen LogP contribution in [0, 0.1) is 5.82 Å². The number of hydrogen-bond donors (Lipinski definition) is 0. The lowest BCUT2D eigenvalue weighted by atomic mass is 10.2. The summed E-state index contributed by atoms with van der Waals surface area (Å²) in [5.41, 5.74) is 0.305. The number of hydrogen-bond acceptors (Lipinski definition) is 3. The summed E-state index contributed by atoms with van der Waals surface area (Å²) in [6.07, 6.45) is 1.24. The number of aromatic nitrogens is 2. The predicted molar refractivity (Wildman–Crippen MR) is 56.1 cm³/mol. The fourth-order valence-corrected chi connectivity index (χ4v) is 1.65. The molecule has 1 heterocycles. The highest BCUT2D eigenvalue weighted by molar-refractivity contribution is 6.36. The summed E-state index contributed by atoms with van der Waals surface area (Å²) < 4.78 is 18.4. The largest absolute Gasteiger partial charge is 0.491 e. The molecule has 0 radical (unpaired) electrons. The average Bonchev–Trinajstić information content (AvgIpc) is 2.22. The summed E-state index contributed by atoms with van der Waals surface area (Å²) in [6.45, 7) is 0. The van der Waals surface area contributed by atoms with E-state index in [0.29, 0.717) is 10.9 Å². The van der Waals surface area contributed by atoms with Gasteiger partial charge in [-0.2, -0.15) is 0 Å². The Balaban J connectivity index is 2.94. The first-order chi connectivity index (χ1) is 7.15. The van der Waals surface area contributed by atoms with E-state index < -0.39 is 5.82 Å². The molecule has 6 heteroatoms. The first-order valence-corrected chi connectivity index (χ1v) is 4.73. The highest BCUT2D eigenvalue weighted by atomic mass is 35.5. The molecule has 0 saturated carbocycles. The van der Waals surface area contributed by atoms with Crippen LogP contribution in [0.5, 0.6) is 5.75 Å². The van der Waals surface area contributed by atoms with Crippen molar-refractivity contribution < 1.29 is 9.13 Å². The summed E-state index contributed by atoms with van der Waals surface area (Å²) in [5, 5.41) is 0.596. The molecule has 0 aliphatic carbocycles. The zero-order valence-electron chi connectivity index (χ0n) is 7.59. The number of ether oxygens (including phenoxy) is 1. The van der Waals surface area contributed by atoms with Crippen LogP contribution in [0.25, 0.3) is 10.9 Å². The molecule has 0 amide bonds. The van der Waals surface area contributed by atoms with E-state index in [1.165, 1.54) is 19.5 Å². The lowest BCUT2D eigenvalue weighted by Gasteiger charge is -2.07. The van der Waals surface area contributed by atoms with E-state index in [1.807, 2.05) is 0 Å². The van der Waals surface area contributed by atoms with Gasteiger partial charge in [0.05, 0.1) is 12.1 Å². The topological polar surface area (TPSA) is 35.0 Å². The quantitative estimate of drug-likeness (QED) is 0.726. The molecule has 0 saturated heterocycles. The minimum atomic E-state index is -0.651. The number of methoxy groups -OCH3 is 1. The summed E-state index contributed by atoms with van der Waals surface area (Å²) in [4.78, 5) is 7.67. The van der Waals surface area contributed by atoms with Gasteiger partial charge in [-0.15, -0.1) is 0 Å². The maximum Gasteiger partial charge on any atom is 0.185 e. The molecule has 2 rings (SSSR count). The monoisotopic (exact) mass is 246 g/mol. The highest BCUT2D eigenvalue weighted by Gasteiger charge is 2.15. The summed E-state index contributed by atoms with van der Waals surface area (Å²) in [6, 6.07) is 1.37. The Hall–Kier alpha value is -1.13. The van der Waals surface area contributed by atoms with Gasteiger partial charge >= 0.3 is 0 Å². The first-order valence-electron chi connectivity index (χ1n) is 3.97. The van der Waals surface area contributed by atoms with Crippen molar-refractivity contribution in [1.29, 1.82) is 0 Å². The molecule has 78 valence electrons. The van der Waals surface area contributed by atoms with Gasteiger partial charge in [0.15, 0.2) is 11.6 Å². The van der Waals surface area contributed by atoms with Crippen molar-refractivity contribution in [2.24, 2.45) is 0 Å². The van der Waals surface area contributed by atoms with Crippen LogP contribution >= 0.6 is 23.2 Å². The van der Waals surface area contributed by atoms with Gasteiger partial charge in [-0.05, 0) is 6.07 Å². The fraction of sp³-hybridized carbons (Fsp3) is 0.111. The predicted octanol–water partition coefficient (Wildman–Crippen LogP) is 3.08. The van der Waals surface area contributed by atoms with E-state index in [2.05, 4.69) is 9.97 Å². The zero-order chi connectivity index (χ0) is 11.0. The number of halogens is 3. The van der Waals surface area contributed by atoms with Gasteiger partial charge in [0, 0.05) is 5.39 Å². The van der Waals surface area contributed by atoms with Gasteiger partial charge in [0.2, 0.25) is 0 Å². The van der Waals surface area contributed by atoms with Crippen molar-refractivity contribution in [1.82, 2.24) is 9.97 Å². The van der Waals surface area contributed by atoms with Crippen LogP contribution in [-0.4, -0.2) is 17.1 Å². The minimum Gasteiger partial charge on any atom is -0.491 e. The lowest BCUT2D eigenvalue weighted by Crippen LogP contribution is -1.94. The summed E-state index contributed by atoms with van der Waals surface area (Å²) >= 11 is 11.5. The smallest absolute Gasteiger partial charge is 0.185 e. The molecule has 3 nitrogen and oxygen atoms in total. The lowest BCUT2D eigenvalue weighted by molar-refractivity contribution is 0.391. The van der Waals surface area contributed by atoms with Crippen LogP contribution < -0.4 is 4.74 Å². The van der Waals surface area contributed by atoms with Crippen molar-refractivity contribution in [2.75, 3.05) is 7.11 Å². The third-order valence-electron chi connectivity index (χ3n) is 1.93. The molecule has 0 unspecified atom stereocenters. The van der Waals surface area contributed by atoms with Gasteiger partial charge in [-0.3, -0.25) is 0 Å². The molecule has 0 bridgehead atoms. The van der Waals surface area contributed by atoms with Gasteiger partial charge in [-0.25, -0.2) is 14.4 Å². The second-order valence-corrected chi connectivity index (χ2v) is 3.53. The molecule has 0 fully saturated rings. The second kappa shape index (κ2) is 3.79. The molecule has 0 spiro atoms. The molecular weight excluding hydrogens is 242 g/mol. The molecule has 1 aromatic heterocycles. The second-order valence-electron chi connectivity index (χ2n) is 2.77. The van der Waals surface area contributed by atoms with Crippen molar-refractivity contribution in [3.05, 3.63) is 28.4 Å². The van der Waals surface area contributed by atoms with Crippen LogP contribution in [0.2, 0.25) is 10.2 Å². The molecule has 0 aliphatic heterocycles. The van der Waals surface area contributed by atoms with Crippen LogP contribution in [0.3, 0.4) is 0 Å². The fourth-order valence-electron chi connectivity index (χ4n) is 1.27. The van der Waals surface area contributed by atoms with E-state index in [0.717, 1.165) is 0 Å². The molecule has 2 aromatic rings. The minimum absolute atomic E-state index is 0.0261. The Morgan fingerprint density at radius 2 is 2.07 bits per heavy atom. The van der Waals surface area contributed by atoms with Crippen LogP contribution in [0.4, 0.5) is 4.39 Å². The van der Waals surface area contributed by atoms with Crippen molar-refractivity contribution in [2.45, 2.75) is 0 Å². The van der Waals surface area contributed by atoms with Crippen molar-refractivity contribution in [3.8, 4) is 5.75 Å². The third kappa shape index (κ3) is 1.60. The first kappa shape index (κ1) is 10.4. The standard InChI is InChI=1S/C9H5Cl2FN2O/c1-15-8-6(12)5(10)2-4-7(8)13-3-14-9(4)11/h2-3H,1H3. The van der Waals surface area contributed by atoms with E-state index in [-0.39, 0.29) is 15.9 Å². The number of nitrogens with zero attached hydrogens (tertiary/aromatic N) is 2. The summed E-state index contributed by atoms with van der Waals surface area (Å²) in [5.74, 6) is -0.678. The molecule has 1 aromatic carbocycles. The molecule has 0 N–H and O–H groups in total. The van der Waals surface area contributed by atoms with Crippen molar-refractivity contribution >= 4 is 34.1 Å². The van der Waals surface area contributed by atoms with E-state index >= 15 is 0 Å². The SMILES string of the molecule is COc1c(F)c(Cl)cc2c(Cl)ncnc12. The number of benzene rings is 1. The maximum atomic E-state index is 13.5. The zero-order valence-corrected chi connectivity index (χ0v) is 9.10. The average molecular weight is 247 g/mol. The number of rotatable bonds is 1. The van der Waals surface area contributed by atoms with Gasteiger partial charge in [-0.1, -0.05) is 23.2 Å². The Kier molecular flexibility index (Phi) is 2.63. The van der Waals surface area contributed by atoms with E-state index in [4.69, 9.17) is 27.9 Å². The summed E-state index contributed by atoms with van der Waals surface area (Å²) in [7, 11) is 1.34. The maximum absolute atomic E-state index is 13.5. The van der Waals surface area contributed by atoms with Crippen molar-refractivity contribution in [3.63, 3.8) is 0 Å².